The summed E-state index contributed by atoms with van der Waals surface area (Å²) in [5, 5.41) is 17.2. The molecule has 0 amide bonds. The van der Waals surface area contributed by atoms with E-state index in [1.54, 1.807) is 17.4 Å². The summed E-state index contributed by atoms with van der Waals surface area (Å²) in [4.78, 5) is 19.5. The minimum absolute atomic E-state index is 0.132. The third kappa shape index (κ3) is 2.64. The van der Waals surface area contributed by atoms with Crippen molar-refractivity contribution in [1.29, 1.82) is 0 Å². The Kier molecular flexibility index (Phi) is 3.79. The topological polar surface area (TPSA) is 67.5 Å². The second-order valence-electron chi connectivity index (χ2n) is 6.75. The quantitative estimate of drug-likeness (QED) is 0.537. The molecule has 0 radical (unpaired) electrons. The predicted octanol–water partition coefficient (Wildman–Crippen LogP) is 4.08. The molecule has 0 saturated carbocycles. The third-order valence-corrected chi connectivity index (χ3v) is 6.32. The first-order chi connectivity index (χ1) is 13.2. The van der Waals surface area contributed by atoms with Crippen LogP contribution in [0, 0.1) is 0 Å². The van der Waals surface area contributed by atoms with E-state index >= 15 is 0 Å². The molecule has 0 spiro atoms. The number of rotatable bonds is 2. The van der Waals surface area contributed by atoms with Gasteiger partial charge < -0.3 is 5.11 Å². The summed E-state index contributed by atoms with van der Waals surface area (Å²) in [6.07, 6.45) is 7.25. The van der Waals surface area contributed by atoms with E-state index in [1.807, 2.05) is 30.3 Å². The van der Waals surface area contributed by atoms with Gasteiger partial charge in [-0.15, -0.1) is 11.3 Å². The monoisotopic (exact) mass is 375 g/mol. The van der Waals surface area contributed by atoms with Crippen molar-refractivity contribution in [1.82, 2.24) is 9.66 Å². The van der Waals surface area contributed by atoms with Gasteiger partial charge in [0.25, 0.3) is 5.56 Å². The number of hydrogen-bond acceptors (Lipinski definition) is 5. The van der Waals surface area contributed by atoms with Crippen LogP contribution < -0.4 is 5.56 Å². The van der Waals surface area contributed by atoms with Crippen LogP contribution in [-0.2, 0) is 12.8 Å². The van der Waals surface area contributed by atoms with Crippen LogP contribution in [-0.4, -0.2) is 21.0 Å². The summed E-state index contributed by atoms with van der Waals surface area (Å²) in [5.41, 5.74) is 1.60. The number of benzene rings is 2. The molecule has 1 aliphatic rings. The predicted molar refractivity (Wildman–Crippen MR) is 109 cm³/mol. The smallest absolute Gasteiger partial charge is 0.282 e. The van der Waals surface area contributed by atoms with E-state index in [0.29, 0.717) is 10.9 Å². The lowest BCUT2D eigenvalue weighted by atomic mass is 9.97. The SMILES string of the molecule is O=c1c2c3c(sc2ncn1/N=C\c1c(O)ccc2ccccc12)CCCC3. The molecule has 0 bridgehead atoms. The van der Waals surface area contributed by atoms with Crippen molar-refractivity contribution in [3.05, 3.63) is 69.1 Å². The molecule has 5 rings (SSSR count). The largest absolute Gasteiger partial charge is 0.507 e. The minimum atomic E-state index is -0.143. The van der Waals surface area contributed by atoms with Crippen molar-refractivity contribution in [2.24, 2.45) is 5.10 Å². The number of hydrogen-bond donors (Lipinski definition) is 1. The summed E-state index contributed by atoms with van der Waals surface area (Å²) in [7, 11) is 0. The summed E-state index contributed by atoms with van der Waals surface area (Å²) in [6.45, 7) is 0. The van der Waals surface area contributed by atoms with E-state index in [-0.39, 0.29) is 11.3 Å². The van der Waals surface area contributed by atoms with Crippen LogP contribution in [0.5, 0.6) is 5.75 Å². The molecule has 2 heterocycles. The van der Waals surface area contributed by atoms with Crippen molar-refractivity contribution in [2.45, 2.75) is 25.7 Å². The summed E-state index contributed by atoms with van der Waals surface area (Å²) >= 11 is 1.63. The number of fused-ring (bicyclic) bond motifs is 4. The first kappa shape index (κ1) is 16.2. The summed E-state index contributed by atoms with van der Waals surface area (Å²) < 4.78 is 1.27. The van der Waals surface area contributed by atoms with Crippen molar-refractivity contribution in [2.75, 3.05) is 0 Å². The molecule has 0 fully saturated rings. The molecule has 27 heavy (non-hydrogen) atoms. The highest BCUT2D eigenvalue weighted by Crippen LogP contribution is 2.33. The number of aryl methyl sites for hydroxylation is 2. The van der Waals surface area contributed by atoms with Crippen LogP contribution in [0.25, 0.3) is 21.0 Å². The van der Waals surface area contributed by atoms with Gasteiger partial charge >= 0.3 is 0 Å². The molecular formula is C21H17N3O2S. The van der Waals surface area contributed by atoms with Crippen molar-refractivity contribution >= 4 is 38.5 Å². The number of phenols is 1. The molecule has 2 aromatic heterocycles. The van der Waals surface area contributed by atoms with Crippen molar-refractivity contribution in [3.8, 4) is 5.75 Å². The van der Waals surface area contributed by atoms with Crippen LogP contribution in [0.15, 0.2) is 52.6 Å². The van der Waals surface area contributed by atoms with Crippen LogP contribution in [0.1, 0.15) is 28.8 Å². The minimum Gasteiger partial charge on any atom is -0.507 e. The number of aromatic hydroxyl groups is 1. The fourth-order valence-corrected chi connectivity index (χ4v) is 4.98. The number of phenolic OH excluding ortho intramolecular Hbond substituents is 1. The Hall–Kier alpha value is -2.99. The Morgan fingerprint density at radius 2 is 2.00 bits per heavy atom. The first-order valence-electron chi connectivity index (χ1n) is 8.99. The maximum atomic E-state index is 13.0. The molecule has 0 aliphatic heterocycles. The molecule has 2 aromatic carbocycles. The summed E-state index contributed by atoms with van der Waals surface area (Å²) in [5.74, 6) is 0.132. The Morgan fingerprint density at radius 3 is 2.93 bits per heavy atom. The lowest BCUT2D eigenvalue weighted by Gasteiger charge is -2.09. The Labute approximate surface area is 159 Å². The normalized spacial score (nSPS) is 14.2. The van der Waals surface area contributed by atoms with Gasteiger partial charge in [-0.2, -0.15) is 9.78 Å². The molecule has 6 heteroatoms. The highest BCUT2D eigenvalue weighted by Gasteiger charge is 2.19. The van der Waals surface area contributed by atoms with Gasteiger partial charge in [-0.05, 0) is 48.1 Å². The van der Waals surface area contributed by atoms with Gasteiger partial charge in [0.1, 0.15) is 16.9 Å². The van der Waals surface area contributed by atoms with Gasteiger partial charge in [0.05, 0.1) is 11.6 Å². The zero-order valence-corrected chi connectivity index (χ0v) is 15.4. The van der Waals surface area contributed by atoms with Gasteiger partial charge in [-0.3, -0.25) is 4.79 Å². The second-order valence-corrected chi connectivity index (χ2v) is 7.83. The van der Waals surface area contributed by atoms with Crippen LogP contribution in [0.4, 0.5) is 0 Å². The summed E-state index contributed by atoms with van der Waals surface area (Å²) in [6, 6.07) is 11.3. The fourth-order valence-electron chi connectivity index (χ4n) is 3.76. The second kappa shape index (κ2) is 6.32. The zero-order chi connectivity index (χ0) is 18.4. The molecule has 1 N–H and O–H groups in total. The van der Waals surface area contributed by atoms with Crippen molar-refractivity contribution in [3.63, 3.8) is 0 Å². The third-order valence-electron chi connectivity index (χ3n) is 5.12. The molecule has 134 valence electrons. The van der Waals surface area contributed by atoms with E-state index in [4.69, 9.17) is 0 Å². The standard InChI is InChI=1S/C21H17N3O2S/c25-17-10-9-13-5-1-2-6-14(13)16(17)11-23-24-12-22-20-19(21(24)26)15-7-3-4-8-18(15)27-20/h1-2,5-6,9-12,25H,3-4,7-8H2/b23-11-. The maximum absolute atomic E-state index is 13.0. The lowest BCUT2D eigenvalue weighted by Crippen LogP contribution is -2.18. The number of nitrogens with zero attached hydrogens (tertiary/aromatic N) is 3. The average Bonchev–Trinajstić information content (AvgIpc) is 3.08. The molecular weight excluding hydrogens is 358 g/mol. The van der Waals surface area contributed by atoms with Gasteiger partial charge in [0.15, 0.2) is 0 Å². The van der Waals surface area contributed by atoms with Gasteiger partial charge in [-0.25, -0.2) is 4.98 Å². The highest BCUT2D eigenvalue weighted by molar-refractivity contribution is 7.18. The van der Waals surface area contributed by atoms with Gasteiger partial charge in [0, 0.05) is 10.4 Å². The Bertz CT molecular complexity index is 1270. The van der Waals surface area contributed by atoms with Crippen LogP contribution >= 0.6 is 11.3 Å². The molecule has 0 saturated heterocycles. The van der Waals surface area contributed by atoms with E-state index in [1.165, 1.54) is 28.5 Å². The Morgan fingerprint density at radius 1 is 1.15 bits per heavy atom. The van der Waals surface area contributed by atoms with Gasteiger partial charge in [0.2, 0.25) is 0 Å². The fraction of sp³-hybridized carbons (Fsp3) is 0.190. The molecule has 4 aromatic rings. The number of thiophene rings is 1. The van der Waals surface area contributed by atoms with Crippen LogP contribution in [0.2, 0.25) is 0 Å². The molecule has 0 atom stereocenters. The maximum Gasteiger partial charge on any atom is 0.282 e. The molecule has 5 nitrogen and oxygen atoms in total. The van der Waals surface area contributed by atoms with Crippen LogP contribution in [0.3, 0.4) is 0 Å². The lowest BCUT2D eigenvalue weighted by molar-refractivity contribution is 0.475. The first-order valence-corrected chi connectivity index (χ1v) is 9.81. The van der Waals surface area contributed by atoms with E-state index in [9.17, 15) is 9.90 Å². The Balaban J connectivity index is 1.64. The molecule has 0 unspecified atom stereocenters. The number of aromatic nitrogens is 2. The van der Waals surface area contributed by atoms with Crippen molar-refractivity contribution < 1.29 is 5.11 Å². The van der Waals surface area contributed by atoms with E-state index in [2.05, 4.69) is 10.1 Å². The zero-order valence-electron chi connectivity index (χ0n) is 14.6. The van der Waals surface area contributed by atoms with E-state index in [0.717, 1.165) is 40.4 Å². The van der Waals surface area contributed by atoms with E-state index < -0.39 is 0 Å². The molecule has 1 aliphatic carbocycles. The van der Waals surface area contributed by atoms with Gasteiger partial charge in [-0.1, -0.05) is 30.3 Å². The highest BCUT2D eigenvalue weighted by atomic mass is 32.1. The average molecular weight is 375 g/mol.